The van der Waals surface area contributed by atoms with E-state index < -0.39 is 19.7 Å². The van der Waals surface area contributed by atoms with Gasteiger partial charge in [-0.05, 0) is 13.0 Å². The number of carbonyl (C=O) groups is 1. The van der Waals surface area contributed by atoms with Crippen LogP contribution in [0.3, 0.4) is 0 Å². The molecule has 0 amide bonds. The second-order valence-corrected chi connectivity index (χ2v) is 5.68. The summed E-state index contributed by atoms with van der Waals surface area (Å²) in [6, 6.07) is 7.00. The fraction of sp³-hybridized carbons (Fsp3) is 0.364. The zero-order valence-corrected chi connectivity index (χ0v) is 10.1. The highest BCUT2D eigenvalue weighted by Crippen LogP contribution is 2.37. The number of rotatable bonds is 4. The van der Waals surface area contributed by atoms with E-state index in [9.17, 15) is 9.36 Å². The SMILES string of the molecule is Cc1cccc(C(=O)C(C)CP(=O)(O)O)c1. The van der Waals surface area contributed by atoms with Crippen molar-refractivity contribution in [1.29, 1.82) is 0 Å². The van der Waals surface area contributed by atoms with Gasteiger partial charge in [-0.2, -0.15) is 0 Å². The largest absolute Gasteiger partial charge is 0.326 e. The van der Waals surface area contributed by atoms with E-state index in [0.717, 1.165) is 5.56 Å². The van der Waals surface area contributed by atoms with Crippen LogP contribution in [-0.4, -0.2) is 21.7 Å². The highest BCUT2D eigenvalue weighted by atomic mass is 31.2. The molecule has 0 saturated heterocycles. The second kappa shape index (κ2) is 4.91. The summed E-state index contributed by atoms with van der Waals surface area (Å²) in [6.45, 7) is 3.40. The summed E-state index contributed by atoms with van der Waals surface area (Å²) in [5, 5.41) is 0. The van der Waals surface area contributed by atoms with Gasteiger partial charge in [0.2, 0.25) is 0 Å². The first-order valence-corrected chi connectivity index (χ1v) is 6.75. The number of aryl methyl sites for hydroxylation is 1. The molecule has 0 spiro atoms. The van der Waals surface area contributed by atoms with Crippen molar-refractivity contribution in [2.75, 3.05) is 6.16 Å². The second-order valence-electron chi connectivity index (χ2n) is 3.98. The van der Waals surface area contributed by atoms with Gasteiger partial charge in [0.25, 0.3) is 0 Å². The van der Waals surface area contributed by atoms with Crippen molar-refractivity contribution in [3.63, 3.8) is 0 Å². The minimum atomic E-state index is -4.13. The maximum Gasteiger partial charge on any atom is 0.326 e. The van der Waals surface area contributed by atoms with E-state index in [1.165, 1.54) is 6.92 Å². The van der Waals surface area contributed by atoms with E-state index in [0.29, 0.717) is 5.56 Å². The first-order valence-electron chi connectivity index (χ1n) is 4.95. The Labute approximate surface area is 94.5 Å². The Bertz CT molecular complexity index is 435. The molecule has 0 heterocycles. The van der Waals surface area contributed by atoms with Crippen LogP contribution in [-0.2, 0) is 4.57 Å². The minimum absolute atomic E-state index is 0.230. The summed E-state index contributed by atoms with van der Waals surface area (Å²) in [5.74, 6) is -0.894. The molecule has 2 N–H and O–H groups in total. The molecule has 1 rings (SSSR count). The molecule has 0 aromatic heterocycles. The number of benzene rings is 1. The molecular formula is C11H15O4P. The molecular weight excluding hydrogens is 227 g/mol. The van der Waals surface area contributed by atoms with E-state index in [1.807, 2.05) is 13.0 Å². The molecule has 16 heavy (non-hydrogen) atoms. The Balaban J connectivity index is 2.82. The molecule has 0 aliphatic carbocycles. The Morgan fingerprint density at radius 2 is 2.06 bits per heavy atom. The Hall–Kier alpha value is -0.960. The quantitative estimate of drug-likeness (QED) is 0.625. The molecule has 0 bridgehead atoms. The van der Waals surface area contributed by atoms with Crippen molar-refractivity contribution in [3.05, 3.63) is 35.4 Å². The van der Waals surface area contributed by atoms with Crippen molar-refractivity contribution in [2.24, 2.45) is 5.92 Å². The number of hydrogen-bond donors (Lipinski definition) is 2. The fourth-order valence-electron chi connectivity index (χ4n) is 1.52. The third kappa shape index (κ3) is 3.89. The van der Waals surface area contributed by atoms with E-state index in [2.05, 4.69) is 0 Å². The van der Waals surface area contributed by atoms with Gasteiger partial charge >= 0.3 is 7.60 Å². The average Bonchev–Trinajstić information content (AvgIpc) is 2.14. The van der Waals surface area contributed by atoms with Crippen LogP contribution in [0.5, 0.6) is 0 Å². The molecule has 5 heteroatoms. The highest BCUT2D eigenvalue weighted by molar-refractivity contribution is 7.51. The zero-order valence-electron chi connectivity index (χ0n) is 9.25. The molecule has 0 radical (unpaired) electrons. The van der Waals surface area contributed by atoms with Crippen LogP contribution < -0.4 is 0 Å². The lowest BCUT2D eigenvalue weighted by molar-refractivity contribution is 0.0937. The molecule has 88 valence electrons. The van der Waals surface area contributed by atoms with Crippen LogP contribution in [0.25, 0.3) is 0 Å². The number of carbonyl (C=O) groups excluding carboxylic acids is 1. The maximum absolute atomic E-state index is 11.8. The maximum atomic E-state index is 11.8. The van der Waals surface area contributed by atoms with Crippen molar-refractivity contribution >= 4 is 13.4 Å². The van der Waals surface area contributed by atoms with Crippen LogP contribution in [0.2, 0.25) is 0 Å². The molecule has 0 aliphatic rings. The number of hydrogen-bond acceptors (Lipinski definition) is 2. The normalized spacial score (nSPS) is 13.5. The molecule has 0 saturated carbocycles. The van der Waals surface area contributed by atoms with Gasteiger partial charge in [0, 0.05) is 11.5 Å². The Morgan fingerprint density at radius 3 is 2.56 bits per heavy atom. The van der Waals surface area contributed by atoms with E-state index >= 15 is 0 Å². The minimum Gasteiger partial charge on any atom is -0.324 e. The van der Waals surface area contributed by atoms with Crippen LogP contribution in [0.15, 0.2) is 24.3 Å². The van der Waals surface area contributed by atoms with Gasteiger partial charge in [-0.1, -0.05) is 30.7 Å². The highest BCUT2D eigenvalue weighted by Gasteiger charge is 2.24. The molecule has 0 aliphatic heterocycles. The van der Waals surface area contributed by atoms with Crippen molar-refractivity contribution in [1.82, 2.24) is 0 Å². The monoisotopic (exact) mass is 242 g/mol. The van der Waals surface area contributed by atoms with Crippen molar-refractivity contribution in [2.45, 2.75) is 13.8 Å². The number of Topliss-reactive ketones (excluding diaryl/α,β-unsaturated/α-hetero) is 1. The summed E-state index contributed by atoms with van der Waals surface area (Å²) in [7, 11) is -4.13. The summed E-state index contributed by atoms with van der Waals surface area (Å²) in [5.41, 5.74) is 1.45. The van der Waals surface area contributed by atoms with E-state index in [4.69, 9.17) is 9.79 Å². The van der Waals surface area contributed by atoms with Gasteiger partial charge in [0.1, 0.15) is 0 Å². The van der Waals surface area contributed by atoms with Gasteiger partial charge in [-0.3, -0.25) is 9.36 Å². The van der Waals surface area contributed by atoms with Crippen molar-refractivity contribution < 1.29 is 19.1 Å². The van der Waals surface area contributed by atoms with Gasteiger partial charge in [0.15, 0.2) is 5.78 Å². The predicted octanol–water partition coefficient (Wildman–Crippen LogP) is 1.99. The smallest absolute Gasteiger partial charge is 0.324 e. The Morgan fingerprint density at radius 1 is 1.44 bits per heavy atom. The molecule has 0 fully saturated rings. The van der Waals surface area contributed by atoms with Gasteiger partial charge < -0.3 is 9.79 Å². The summed E-state index contributed by atoms with van der Waals surface area (Å²) in [6.07, 6.45) is -0.403. The summed E-state index contributed by atoms with van der Waals surface area (Å²) in [4.78, 5) is 29.4. The predicted molar refractivity (Wildman–Crippen MR) is 61.6 cm³/mol. The van der Waals surface area contributed by atoms with Gasteiger partial charge in [0.05, 0.1) is 6.16 Å². The molecule has 1 unspecified atom stereocenters. The lowest BCUT2D eigenvalue weighted by Crippen LogP contribution is -2.15. The first kappa shape index (κ1) is 13.1. The van der Waals surface area contributed by atoms with Crippen LogP contribution in [0.1, 0.15) is 22.8 Å². The standard InChI is InChI=1S/C11H15O4P/c1-8-4-3-5-10(6-8)11(12)9(2)7-16(13,14)15/h3-6,9H,7H2,1-2H3,(H2,13,14,15). The summed E-state index contributed by atoms with van der Waals surface area (Å²) >= 11 is 0. The third-order valence-electron chi connectivity index (χ3n) is 2.26. The first-order chi connectivity index (χ1) is 7.29. The molecule has 4 nitrogen and oxygen atoms in total. The fourth-order valence-corrected chi connectivity index (χ4v) is 2.40. The summed E-state index contributed by atoms with van der Waals surface area (Å²) < 4.78 is 10.8. The van der Waals surface area contributed by atoms with Gasteiger partial charge in [-0.25, -0.2) is 0 Å². The van der Waals surface area contributed by atoms with Crippen LogP contribution in [0, 0.1) is 12.8 Å². The van der Waals surface area contributed by atoms with Crippen molar-refractivity contribution in [3.8, 4) is 0 Å². The van der Waals surface area contributed by atoms with E-state index in [1.54, 1.807) is 18.2 Å². The molecule has 1 atom stereocenters. The lowest BCUT2D eigenvalue weighted by Gasteiger charge is -2.11. The topological polar surface area (TPSA) is 74.6 Å². The molecule has 1 aromatic rings. The van der Waals surface area contributed by atoms with Crippen LogP contribution in [0.4, 0.5) is 0 Å². The lowest BCUT2D eigenvalue weighted by atomic mass is 10.00. The van der Waals surface area contributed by atoms with Gasteiger partial charge in [-0.15, -0.1) is 0 Å². The number of ketones is 1. The van der Waals surface area contributed by atoms with E-state index in [-0.39, 0.29) is 5.78 Å². The average molecular weight is 242 g/mol. The zero-order chi connectivity index (χ0) is 12.3. The third-order valence-corrected chi connectivity index (χ3v) is 3.29. The Kier molecular flexibility index (Phi) is 4.03. The molecule has 1 aromatic carbocycles. The van der Waals surface area contributed by atoms with Crippen LogP contribution >= 0.6 is 7.60 Å².